The predicted molar refractivity (Wildman–Crippen MR) is 97.8 cm³/mol. The van der Waals surface area contributed by atoms with Gasteiger partial charge in [-0.3, -0.25) is 0 Å². The van der Waals surface area contributed by atoms with Gasteiger partial charge in [-0.05, 0) is 38.1 Å². The number of amides is 2. The Labute approximate surface area is 155 Å². The van der Waals surface area contributed by atoms with Gasteiger partial charge in [-0.2, -0.15) is 13.2 Å². The molecule has 8 heteroatoms. The summed E-state index contributed by atoms with van der Waals surface area (Å²) >= 11 is 0. The minimum Gasteiger partial charge on any atom is -0.352 e. The summed E-state index contributed by atoms with van der Waals surface area (Å²) in [7, 11) is 0. The van der Waals surface area contributed by atoms with Gasteiger partial charge in [0.2, 0.25) is 0 Å². The fourth-order valence-electron chi connectivity index (χ4n) is 3.15. The van der Waals surface area contributed by atoms with E-state index in [1.165, 1.54) is 12.3 Å². The lowest BCUT2D eigenvalue weighted by Gasteiger charge is -2.40. The fourth-order valence-corrected chi connectivity index (χ4v) is 3.15. The maximum atomic E-state index is 13.2. The van der Waals surface area contributed by atoms with Gasteiger partial charge in [0.25, 0.3) is 0 Å². The van der Waals surface area contributed by atoms with Crippen molar-refractivity contribution in [1.29, 1.82) is 0 Å². The van der Waals surface area contributed by atoms with Crippen LogP contribution >= 0.6 is 0 Å². The van der Waals surface area contributed by atoms with E-state index in [1.54, 1.807) is 9.80 Å². The van der Waals surface area contributed by atoms with E-state index in [0.29, 0.717) is 12.2 Å². The Kier molecular flexibility index (Phi) is 5.25. The summed E-state index contributed by atoms with van der Waals surface area (Å²) in [4.78, 5) is 19.7. The number of nitrogens with one attached hydrogen (secondary N) is 1. The number of anilines is 2. The zero-order valence-electron chi connectivity index (χ0n) is 15.1. The van der Waals surface area contributed by atoms with Crippen molar-refractivity contribution in [2.45, 2.75) is 26.1 Å². The Bertz CT molecular complexity index is 807. The van der Waals surface area contributed by atoms with E-state index in [9.17, 15) is 18.0 Å². The molecule has 5 nitrogen and oxygen atoms in total. The quantitative estimate of drug-likeness (QED) is 0.854. The monoisotopic (exact) mass is 378 g/mol. The van der Waals surface area contributed by atoms with Crippen LogP contribution in [0.25, 0.3) is 0 Å². The average molecular weight is 378 g/mol. The van der Waals surface area contributed by atoms with Crippen LogP contribution in [0.5, 0.6) is 0 Å². The van der Waals surface area contributed by atoms with Crippen LogP contribution in [-0.2, 0) is 6.18 Å². The number of benzene rings is 1. The molecule has 1 aromatic carbocycles. The number of rotatable bonds is 2. The van der Waals surface area contributed by atoms with Crippen molar-refractivity contribution in [3.8, 4) is 0 Å². The third-order valence-corrected chi connectivity index (χ3v) is 4.58. The standard InChI is InChI=1S/C19H21F3N4O/c1-13-5-7-15(8-6-13)24-18(27)26-11-10-25(12-14(26)2)17-16(19(20,21)22)4-3-9-23-17/h3-9,14H,10-12H2,1-2H3,(H,24,27). The van der Waals surface area contributed by atoms with Crippen LogP contribution in [0.4, 0.5) is 29.5 Å². The molecule has 144 valence electrons. The molecule has 1 aliphatic rings. The van der Waals surface area contributed by atoms with Gasteiger partial charge in [-0.15, -0.1) is 0 Å². The molecule has 1 N–H and O–H groups in total. The summed E-state index contributed by atoms with van der Waals surface area (Å²) in [5.41, 5.74) is 1.02. The lowest BCUT2D eigenvalue weighted by molar-refractivity contribution is -0.137. The Morgan fingerprint density at radius 3 is 2.52 bits per heavy atom. The molecule has 1 saturated heterocycles. The molecule has 0 aliphatic carbocycles. The van der Waals surface area contributed by atoms with Crippen LogP contribution in [0, 0.1) is 6.92 Å². The average Bonchev–Trinajstić information content (AvgIpc) is 2.62. The molecule has 1 aromatic heterocycles. The molecule has 1 atom stereocenters. The summed E-state index contributed by atoms with van der Waals surface area (Å²) in [6.07, 6.45) is -3.11. The molecule has 0 radical (unpaired) electrons. The highest BCUT2D eigenvalue weighted by Crippen LogP contribution is 2.35. The van der Waals surface area contributed by atoms with Crippen molar-refractivity contribution >= 4 is 17.5 Å². The molecule has 1 fully saturated rings. The Hall–Kier alpha value is -2.77. The Morgan fingerprint density at radius 1 is 1.19 bits per heavy atom. The van der Waals surface area contributed by atoms with E-state index in [4.69, 9.17) is 0 Å². The second-order valence-corrected chi connectivity index (χ2v) is 6.66. The molecule has 0 saturated carbocycles. The second kappa shape index (κ2) is 7.46. The summed E-state index contributed by atoms with van der Waals surface area (Å²) in [6, 6.07) is 9.23. The number of aryl methyl sites for hydroxylation is 1. The zero-order chi connectivity index (χ0) is 19.6. The van der Waals surface area contributed by atoms with Gasteiger partial charge in [0.15, 0.2) is 0 Å². The van der Waals surface area contributed by atoms with Gasteiger partial charge in [0, 0.05) is 37.6 Å². The summed E-state index contributed by atoms with van der Waals surface area (Å²) < 4.78 is 39.7. The van der Waals surface area contributed by atoms with Gasteiger partial charge >= 0.3 is 12.2 Å². The van der Waals surface area contributed by atoms with Gasteiger partial charge in [0.05, 0.1) is 5.56 Å². The van der Waals surface area contributed by atoms with Crippen LogP contribution in [0.3, 0.4) is 0 Å². The fraction of sp³-hybridized carbons (Fsp3) is 0.368. The number of urea groups is 1. The number of nitrogens with zero attached hydrogens (tertiary/aromatic N) is 3. The zero-order valence-corrected chi connectivity index (χ0v) is 15.1. The van der Waals surface area contributed by atoms with Crippen LogP contribution in [0.1, 0.15) is 18.1 Å². The third-order valence-electron chi connectivity index (χ3n) is 4.58. The molecule has 2 heterocycles. The molecule has 1 unspecified atom stereocenters. The lowest BCUT2D eigenvalue weighted by Crippen LogP contribution is -2.55. The van der Waals surface area contributed by atoms with Gasteiger partial charge < -0.3 is 15.1 Å². The first-order chi connectivity index (χ1) is 12.8. The summed E-state index contributed by atoms with van der Waals surface area (Å²) in [6.45, 7) is 4.65. The number of pyridine rings is 1. The number of hydrogen-bond acceptors (Lipinski definition) is 3. The largest absolute Gasteiger partial charge is 0.419 e. The molecular weight excluding hydrogens is 357 g/mol. The normalized spacial score (nSPS) is 17.7. The molecule has 1 aliphatic heterocycles. The molecule has 3 rings (SSSR count). The van der Waals surface area contributed by atoms with E-state index in [-0.39, 0.29) is 31.0 Å². The third kappa shape index (κ3) is 4.32. The first-order valence-corrected chi connectivity index (χ1v) is 8.67. The highest BCUT2D eigenvalue weighted by atomic mass is 19.4. The Morgan fingerprint density at radius 2 is 1.89 bits per heavy atom. The van der Waals surface area contributed by atoms with Crippen LogP contribution in [-0.4, -0.2) is 41.6 Å². The number of carbonyl (C=O) groups excluding carboxylic acids is 1. The van der Waals surface area contributed by atoms with E-state index < -0.39 is 11.7 Å². The first-order valence-electron chi connectivity index (χ1n) is 8.67. The lowest BCUT2D eigenvalue weighted by atomic mass is 10.1. The number of aromatic nitrogens is 1. The number of piperazine rings is 1. The minimum atomic E-state index is -4.47. The highest BCUT2D eigenvalue weighted by Gasteiger charge is 2.37. The summed E-state index contributed by atoms with van der Waals surface area (Å²) in [5.74, 6) is -0.0876. The molecule has 0 bridgehead atoms. The molecule has 2 amide bonds. The molecular formula is C19H21F3N4O. The second-order valence-electron chi connectivity index (χ2n) is 6.66. The van der Waals surface area contributed by atoms with Crippen molar-refractivity contribution in [1.82, 2.24) is 9.88 Å². The van der Waals surface area contributed by atoms with Gasteiger partial charge in [0.1, 0.15) is 5.82 Å². The molecule has 0 spiro atoms. The molecule has 27 heavy (non-hydrogen) atoms. The predicted octanol–water partition coefficient (Wildman–Crippen LogP) is 4.15. The Balaban J connectivity index is 1.69. The maximum absolute atomic E-state index is 13.2. The number of alkyl halides is 3. The van der Waals surface area contributed by atoms with Crippen LogP contribution in [0.2, 0.25) is 0 Å². The van der Waals surface area contributed by atoms with Crippen molar-refractivity contribution in [2.75, 3.05) is 29.9 Å². The minimum absolute atomic E-state index is 0.0876. The highest BCUT2D eigenvalue weighted by molar-refractivity contribution is 5.89. The van der Waals surface area contributed by atoms with Crippen molar-refractivity contribution in [3.05, 3.63) is 53.7 Å². The topological polar surface area (TPSA) is 48.5 Å². The van der Waals surface area contributed by atoms with Crippen LogP contribution in [0.15, 0.2) is 42.6 Å². The first kappa shape index (κ1) is 19.0. The van der Waals surface area contributed by atoms with Gasteiger partial charge in [-0.1, -0.05) is 17.7 Å². The number of carbonyl (C=O) groups is 1. The SMILES string of the molecule is Cc1ccc(NC(=O)N2CCN(c3ncccc3C(F)(F)F)CC2C)cc1. The van der Waals surface area contributed by atoms with Gasteiger partial charge in [-0.25, -0.2) is 9.78 Å². The van der Waals surface area contributed by atoms with E-state index >= 15 is 0 Å². The van der Waals surface area contributed by atoms with Crippen molar-refractivity contribution in [2.24, 2.45) is 0 Å². The number of hydrogen-bond donors (Lipinski definition) is 1. The van der Waals surface area contributed by atoms with E-state index in [2.05, 4.69) is 10.3 Å². The van der Waals surface area contributed by atoms with E-state index in [1.807, 2.05) is 38.1 Å². The smallest absolute Gasteiger partial charge is 0.352 e. The van der Waals surface area contributed by atoms with Crippen molar-refractivity contribution in [3.63, 3.8) is 0 Å². The van der Waals surface area contributed by atoms with E-state index in [0.717, 1.165) is 11.6 Å². The number of halogens is 3. The molecule has 2 aromatic rings. The summed E-state index contributed by atoms with van der Waals surface area (Å²) in [5, 5.41) is 2.83. The van der Waals surface area contributed by atoms with Crippen LogP contribution < -0.4 is 10.2 Å². The van der Waals surface area contributed by atoms with Crippen molar-refractivity contribution < 1.29 is 18.0 Å². The maximum Gasteiger partial charge on any atom is 0.419 e.